The first-order valence-corrected chi connectivity index (χ1v) is 10.1. The Hall–Kier alpha value is -3.64. The Morgan fingerprint density at radius 2 is 1.68 bits per heavy atom. The van der Waals surface area contributed by atoms with Gasteiger partial charge in [-0.1, -0.05) is 47.5 Å². The monoisotopic (exact) mass is 415 g/mol. The summed E-state index contributed by atoms with van der Waals surface area (Å²) >= 11 is 0. The standard InChI is InChI=1S/C25H25N3O3/c1-17-15-25(31-3,16-18(2)23(17)24(29)30)20-11-7-8-12-21(20)26-22-13-14-28(27-22)19-9-5-4-6-10-19/h4-16,23H,1-3H3,(H,26,27)(H,29,30). The molecule has 0 unspecified atom stereocenters. The van der Waals surface area contributed by atoms with Crippen molar-refractivity contribution in [3.63, 3.8) is 0 Å². The minimum absolute atomic E-state index is 0.634. The number of hydrogen-bond acceptors (Lipinski definition) is 4. The van der Waals surface area contributed by atoms with Crippen molar-refractivity contribution in [3.05, 3.63) is 95.7 Å². The highest BCUT2D eigenvalue weighted by Gasteiger charge is 2.37. The molecule has 31 heavy (non-hydrogen) atoms. The first kappa shape index (κ1) is 20.6. The number of ether oxygens (including phenoxy) is 1. The summed E-state index contributed by atoms with van der Waals surface area (Å²) in [6.45, 7) is 3.67. The van der Waals surface area contributed by atoms with Crippen LogP contribution in [0.15, 0.2) is 90.2 Å². The van der Waals surface area contributed by atoms with E-state index < -0.39 is 17.5 Å². The third-order valence-electron chi connectivity index (χ3n) is 5.60. The minimum atomic E-state index is -0.869. The van der Waals surface area contributed by atoms with Crippen LogP contribution < -0.4 is 5.32 Å². The average molecular weight is 415 g/mol. The number of carboxylic acids is 1. The number of para-hydroxylation sites is 2. The van der Waals surface area contributed by atoms with Crippen LogP contribution in [0, 0.1) is 5.92 Å². The van der Waals surface area contributed by atoms with Crippen LogP contribution in [0.1, 0.15) is 19.4 Å². The van der Waals surface area contributed by atoms with Crippen LogP contribution in [0.5, 0.6) is 0 Å². The van der Waals surface area contributed by atoms with Crippen LogP contribution >= 0.6 is 0 Å². The zero-order chi connectivity index (χ0) is 22.0. The SMILES string of the molecule is COC1(c2ccccc2Nc2ccn(-c3ccccc3)n2)C=C(C)C(C(=O)O)C(C)=C1. The van der Waals surface area contributed by atoms with Crippen molar-refractivity contribution in [2.75, 3.05) is 12.4 Å². The van der Waals surface area contributed by atoms with Crippen LogP contribution in [0.25, 0.3) is 5.69 Å². The second kappa shape index (κ2) is 8.24. The summed E-state index contributed by atoms with van der Waals surface area (Å²) in [5.41, 5.74) is 3.32. The molecule has 158 valence electrons. The number of carbonyl (C=O) groups is 1. The van der Waals surface area contributed by atoms with E-state index in [-0.39, 0.29) is 0 Å². The van der Waals surface area contributed by atoms with E-state index in [1.807, 2.05) is 97.5 Å². The van der Waals surface area contributed by atoms with Gasteiger partial charge in [0.15, 0.2) is 5.82 Å². The van der Waals surface area contributed by atoms with E-state index in [2.05, 4.69) is 10.4 Å². The number of nitrogens with one attached hydrogen (secondary N) is 1. The molecule has 1 aliphatic rings. The van der Waals surface area contributed by atoms with Crippen molar-refractivity contribution >= 4 is 17.5 Å². The maximum Gasteiger partial charge on any atom is 0.314 e. The van der Waals surface area contributed by atoms with Crippen LogP contribution in [0.4, 0.5) is 11.5 Å². The van der Waals surface area contributed by atoms with Gasteiger partial charge in [0.1, 0.15) is 5.60 Å². The normalized spacial score (nSPS) is 20.7. The second-order valence-corrected chi connectivity index (χ2v) is 7.70. The zero-order valence-electron chi connectivity index (χ0n) is 17.7. The third-order valence-corrected chi connectivity index (χ3v) is 5.60. The van der Waals surface area contributed by atoms with Crippen LogP contribution in [0.3, 0.4) is 0 Å². The molecule has 0 fully saturated rings. The number of aromatic nitrogens is 2. The largest absolute Gasteiger partial charge is 0.481 e. The molecule has 0 spiro atoms. The Balaban J connectivity index is 1.71. The fourth-order valence-electron chi connectivity index (χ4n) is 4.20. The van der Waals surface area contributed by atoms with Gasteiger partial charge >= 0.3 is 5.97 Å². The van der Waals surface area contributed by atoms with E-state index in [0.29, 0.717) is 5.82 Å². The number of aliphatic carboxylic acids is 1. The van der Waals surface area contributed by atoms with E-state index >= 15 is 0 Å². The highest BCUT2D eigenvalue weighted by Crippen LogP contribution is 2.42. The summed E-state index contributed by atoms with van der Waals surface area (Å²) in [5, 5.41) is 17.6. The lowest BCUT2D eigenvalue weighted by atomic mass is 9.77. The minimum Gasteiger partial charge on any atom is -0.481 e. The highest BCUT2D eigenvalue weighted by molar-refractivity contribution is 5.78. The molecule has 0 amide bonds. The van der Waals surface area contributed by atoms with Crippen LogP contribution in [-0.4, -0.2) is 28.0 Å². The number of benzene rings is 2. The van der Waals surface area contributed by atoms with Crippen molar-refractivity contribution in [3.8, 4) is 5.69 Å². The van der Waals surface area contributed by atoms with Crippen molar-refractivity contribution < 1.29 is 14.6 Å². The van der Waals surface area contributed by atoms with E-state index in [1.54, 1.807) is 7.11 Å². The van der Waals surface area contributed by atoms with Crippen LogP contribution in [-0.2, 0) is 15.1 Å². The summed E-state index contributed by atoms with van der Waals surface area (Å²) in [6, 6.07) is 19.6. The van der Waals surface area contributed by atoms with Gasteiger partial charge in [0, 0.05) is 30.6 Å². The van der Waals surface area contributed by atoms with E-state index in [0.717, 1.165) is 28.1 Å². The number of nitrogens with zero attached hydrogens (tertiary/aromatic N) is 2. The lowest BCUT2D eigenvalue weighted by Gasteiger charge is -2.35. The fourth-order valence-corrected chi connectivity index (χ4v) is 4.20. The van der Waals surface area contributed by atoms with Gasteiger partial charge in [-0.25, -0.2) is 4.68 Å². The van der Waals surface area contributed by atoms with Gasteiger partial charge in [0.05, 0.1) is 11.6 Å². The van der Waals surface area contributed by atoms with Crippen LogP contribution in [0.2, 0.25) is 0 Å². The Bertz CT molecular complexity index is 1140. The molecule has 0 radical (unpaired) electrons. The molecule has 0 aliphatic heterocycles. The molecular weight excluding hydrogens is 390 g/mol. The van der Waals surface area contributed by atoms with Crippen molar-refractivity contribution in [2.45, 2.75) is 19.4 Å². The van der Waals surface area contributed by atoms with E-state index in [1.165, 1.54) is 0 Å². The molecular formula is C25H25N3O3. The predicted octanol–water partition coefficient (Wildman–Crippen LogP) is 5.06. The maximum absolute atomic E-state index is 11.7. The van der Waals surface area contributed by atoms with Crippen molar-refractivity contribution in [1.82, 2.24) is 9.78 Å². The number of hydrogen-bond donors (Lipinski definition) is 2. The molecule has 1 aliphatic carbocycles. The average Bonchev–Trinajstić information content (AvgIpc) is 3.22. The molecule has 2 N–H and O–H groups in total. The molecule has 6 nitrogen and oxygen atoms in total. The van der Waals surface area contributed by atoms with Gasteiger partial charge < -0.3 is 15.2 Å². The highest BCUT2D eigenvalue weighted by atomic mass is 16.5. The maximum atomic E-state index is 11.7. The van der Waals surface area contributed by atoms with Gasteiger partial charge in [-0.2, -0.15) is 5.10 Å². The summed E-state index contributed by atoms with van der Waals surface area (Å²) in [7, 11) is 1.63. The third kappa shape index (κ3) is 3.90. The molecule has 0 bridgehead atoms. The van der Waals surface area contributed by atoms with Gasteiger partial charge in [-0.3, -0.25) is 4.79 Å². The summed E-state index contributed by atoms with van der Waals surface area (Å²) in [4.78, 5) is 11.7. The molecule has 2 aromatic carbocycles. The summed E-state index contributed by atoms with van der Waals surface area (Å²) in [6.07, 6.45) is 5.68. The Kier molecular flexibility index (Phi) is 5.48. The zero-order valence-corrected chi connectivity index (χ0v) is 17.7. The van der Waals surface area contributed by atoms with Crippen molar-refractivity contribution in [1.29, 1.82) is 0 Å². The summed E-state index contributed by atoms with van der Waals surface area (Å²) < 4.78 is 7.78. The second-order valence-electron chi connectivity index (χ2n) is 7.70. The Morgan fingerprint density at radius 1 is 1.03 bits per heavy atom. The number of methoxy groups -OCH3 is 1. The number of rotatable bonds is 6. The van der Waals surface area contributed by atoms with Gasteiger partial charge in [0.25, 0.3) is 0 Å². The summed E-state index contributed by atoms with van der Waals surface area (Å²) in [5.74, 6) is -0.793. The topological polar surface area (TPSA) is 76.4 Å². The molecule has 4 rings (SSSR count). The van der Waals surface area contributed by atoms with Gasteiger partial charge in [0.2, 0.25) is 0 Å². The van der Waals surface area contributed by atoms with E-state index in [9.17, 15) is 9.90 Å². The van der Waals surface area contributed by atoms with Crippen molar-refractivity contribution in [2.24, 2.45) is 5.92 Å². The Morgan fingerprint density at radius 3 is 2.32 bits per heavy atom. The quantitative estimate of drug-likeness (QED) is 0.550. The van der Waals surface area contributed by atoms with E-state index in [4.69, 9.17) is 4.74 Å². The van der Waals surface area contributed by atoms with Gasteiger partial charge in [-0.05, 0) is 44.2 Å². The number of carboxylic acid groups (broad SMARTS) is 1. The fraction of sp³-hybridized carbons (Fsp3) is 0.200. The lowest BCUT2D eigenvalue weighted by molar-refractivity contribution is -0.139. The molecule has 3 aromatic rings. The molecule has 0 saturated carbocycles. The predicted molar refractivity (Wildman–Crippen MR) is 121 cm³/mol. The smallest absolute Gasteiger partial charge is 0.314 e. The Labute approximate surface area is 181 Å². The lowest BCUT2D eigenvalue weighted by Crippen LogP contribution is -2.32. The van der Waals surface area contributed by atoms with Gasteiger partial charge in [-0.15, -0.1) is 0 Å². The first-order valence-electron chi connectivity index (χ1n) is 10.1. The first-order chi connectivity index (χ1) is 14.9. The molecule has 1 aromatic heterocycles. The molecule has 0 saturated heterocycles. The molecule has 0 atom stereocenters. The number of anilines is 2. The molecule has 6 heteroatoms. The molecule has 1 heterocycles.